The second-order valence-electron chi connectivity index (χ2n) is 4.26. The monoisotopic (exact) mass is 210 g/mol. The third-order valence-corrected chi connectivity index (χ3v) is 1.75. The second-order valence-corrected chi connectivity index (χ2v) is 4.26. The largest absolute Gasteiger partial charge is 0.496 e. The highest BCUT2D eigenvalue weighted by Gasteiger charge is 2.13. The standard InChI is InChI=1S/C12H18O3/c1-12(2,3)15-11-7-9(13-4)6-10(8-11)14-5/h6-8H,1-5H3. The van der Waals surface area contributed by atoms with Crippen molar-refractivity contribution in [1.29, 1.82) is 0 Å². The van der Waals surface area contributed by atoms with Gasteiger partial charge in [0.05, 0.1) is 14.2 Å². The van der Waals surface area contributed by atoms with Crippen LogP contribution < -0.4 is 14.2 Å². The Morgan fingerprint density at radius 2 is 1.20 bits per heavy atom. The first kappa shape index (κ1) is 11.7. The Labute approximate surface area is 91.0 Å². The zero-order valence-electron chi connectivity index (χ0n) is 9.96. The summed E-state index contributed by atoms with van der Waals surface area (Å²) in [5, 5.41) is 0. The quantitative estimate of drug-likeness (QED) is 0.767. The van der Waals surface area contributed by atoms with Gasteiger partial charge >= 0.3 is 0 Å². The molecular formula is C12H18O3. The van der Waals surface area contributed by atoms with Crippen molar-refractivity contribution >= 4 is 0 Å². The van der Waals surface area contributed by atoms with Gasteiger partial charge in [0, 0.05) is 18.2 Å². The van der Waals surface area contributed by atoms with Gasteiger partial charge in [-0.15, -0.1) is 0 Å². The van der Waals surface area contributed by atoms with E-state index in [1.54, 1.807) is 14.2 Å². The minimum atomic E-state index is -0.225. The number of methoxy groups -OCH3 is 2. The average Bonchev–Trinajstić information content (AvgIpc) is 2.14. The van der Waals surface area contributed by atoms with E-state index in [0.717, 1.165) is 17.2 Å². The first-order chi connectivity index (χ1) is 6.94. The summed E-state index contributed by atoms with van der Waals surface area (Å²) in [6.45, 7) is 6.00. The molecule has 0 saturated heterocycles. The number of ether oxygens (including phenoxy) is 3. The summed E-state index contributed by atoms with van der Waals surface area (Å²) in [6.07, 6.45) is 0. The minimum Gasteiger partial charge on any atom is -0.496 e. The Morgan fingerprint density at radius 1 is 0.800 bits per heavy atom. The molecule has 15 heavy (non-hydrogen) atoms. The summed E-state index contributed by atoms with van der Waals surface area (Å²) in [7, 11) is 3.24. The van der Waals surface area contributed by atoms with Gasteiger partial charge in [0.1, 0.15) is 22.8 Å². The smallest absolute Gasteiger partial charge is 0.127 e. The molecule has 0 fully saturated rings. The maximum atomic E-state index is 5.73. The van der Waals surface area contributed by atoms with Gasteiger partial charge in [0.15, 0.2) is 0 Å². The predicted molar refractivity (Wildman–Crippen MR) is 59.9 cm³/mol. The van der Waals surface area contributed by atoms with Crippen LogP contribution in [0.3, 0.4) is 0 Å². The molecule has 1 aromatic carbocycles. The third-order valence-electron chi connectivity index (χ3n) is 1.75. The molecule has 0 aromatic heterocycles. The fourth-order valence-electron chi connectivity index (χ4n) is 1.19. The van der Waals surface area contributed by atoms with Crippen LogP contribution in [0, 0.1) is 0 Å². The average molecular weight is 210 g/mol. The van der Waals surface area contributed by atoms with E-state index in [1.165, 1.54) is 0 Å². The Bertz CT molecular complexity index is 304. The molecule has 0 N–H and O–H groups in total. The molecule has 3 heteroatoms. The topological polar surface area (TPSA) is 27.7 Å². The Hall–Kier alpha value is -1.38. The molecule has 3 nitrogen and oxygen atoms in total. The highest BCUT2D eigenvalue weighted by Crippen LogP contribution is 2.29. The molecule has 0 aliphatic carbocycles. The normalized spacial score (nSPS) is 11.0. The Morgan fingerprint density at radius 3 is 1.53 bits per heavy atom. The fraction of sp³-hybridized carbons (Fsp3) is 0.500. The van der Waals surface area contributed by atoms with Gasteiger partial charge in [-0.1, -0.05) is 0 Å². The SMILES string of the molecule is COc1cc(OC)cc(OC(C)(C)C)c1. The van der Waals surface area contributed by atoms with E-state index in [-0.39, 0.29) is 5.60 Å². The molecule has 1 aromatic rings. The van der Waals surface area contributed by atoms with E-state index in [0.29, 0.717) is 0 Å². The van der Waals surface area contributed by atoms with Crippen molar-refractivity contribution in [2.24, 2.45) is 0 Å². The molecule has 0 saturated carbocycles. The van der Waals surface area contributed by atoms with Gasteiger partial charge in [-0.2, -0.15) is 0 Å². The first-order valence-corrected chi connectivity index (χ1v) is 4.87. The molecule has 0 amide bonds. The van der Waals surface area contributed by atoms with Gasteiger partial charge in [-0.05, 0) is 20.8 Å². The van der Waals surface area contributed by atoms with Crippen molar-refractivity contribution in [3.05, 3.63) is 18.2 Å². The molecular weight excluding hydrogens is 192 g/mol. The fourth-order valence-corrected chi connectivity index (χ4v) is 1.19. The van der Waals surface area contributed by atoms with Crippen molar-refractivity contribution in [3.8, 4) is 17.2 Å². The molecule has 0 aliphatic rings. The van der Waals surface area contributed by atoms with Crippen LogP contribution in [0.1, 0.15) is 20.8 Å². The zero-order valence-corrected chi connectivity index (χ0v) is 9.96. The maximum Gasteiger partial charge on any atom is 0.127 e. The van der Waals surface area contributed by atoms with Gasteiger partial charge in [0.25, 0.3) is 0 Å². The van der Waals surface area contributed by atoms with Crippen molar-refractivity contribution in [3.63, 3.8) is 0 Å². The lowest BCUT2D eigenvalue weighted by Crippen LogP contribution is -2.22. The van der Waals surface area contributed by atoms with Crippen LogP contribution >= 0.6 is 0 Å². The van der Waals surface area contributed by atoms with E-state index < -0.39 is 0 Å². The van der Waals surface area contributed by atoms with Crippen LogP contribution in [0.2, 0.25) is 0 Å². The summed E-state index contributed by atoms with van der Waals surface area (Å²) in [5.74, 6) is 2.21. The highest BCUT2D eigenvalue weighted by molar-refractivity contribution is 5.42. The van der Waals surface area contributed by atoms with Gasteiger partial charge < -0.3 is 14.2 Å². The number of benzene rings is 1. The Balaban J connectivity index is 2.97. The summed E-state index contributed by atoms with van der Waals surface area (Å²) < 4.78 is 16.0. The van der Waals surface area contributed by atoms with Crippen LogP contribution in [-0.2, 0) is 0 Å². The molecule has 0 unspecified atom stereocenters. The summed E-state index contributed by atoms with van der Waals surface area (Å²) >= 11 is 0. The minimum absolute atomic E-state index is 0.225. The van der Waals surface area contributed by atoms with Crippen LogP contribution in [0.25, 0.3) is 0 Å². The van der Waals surface area contributed by atoms with Crippen LogP contribution in [0.5, 0.6) is 17.2 Å². The van der Waals surface area contributed by atoms with Crippen molar-refractivity contribution in [1.82, 2.24) is 0 Å². The number of hydrogen-bond acceptors (Lipinski definition) is 3. The Kier molecular flexibility index (Phi) is 3.45. The first-order valence-electron chi connectivity index (χ1n) is 4.87. The molecule has 84 valence electrons. The molecule has 0 bridgehead atoms. The lowest BCUT2D eigenvalue weighted by Gasteiger charge is -2.21. The van der Waals surface area contributed by atoms with Crippen molar-refractivity contribution in [2.75, 3.05) is 14.2 Å². The van der Waals surface area contributed by atoms with Crippen LogP contribution in [0.15, 0.2) is 18.2 Å². The van der Waals surface area contributed by atoms with Crippen molar-refractivity contribution in [2.45, 2.75) is 26.4 Å². The van der Waals surface area contributed by atoms with E-state index in [1.807, 2.05) is 39.0 Å². The summed E-state index contributed by atoms with van der Waals surface area (Å²) in [4.78, 5) is 0. The van der Waals surface area contributed by atoms with Crippen molar-refractivity contribution < 1.29 is 14.2 Å². The van der Waals surface area contributed by atoms with Gasteiger partial charge in [0.2, 0.25) is 0 Å². The van der Waals surface area contributed by atoms with E-state index in [9.17, 15) is 0 Å². The number of hydrogen-bond donors (Lipinski definition) is 0. The zero-order chi connectivity index (χ0) is 11.5. The van der Waals surface area contributed by atoms with E-state index in [4.69, 9.17) is 14.2 Å². The van der Waals surface area contributed by atoms with Crippen LogP contribution in [0.4, 0.5) is 0 Å². The van der Waals surface area contributed by atoms with Crippen LogP contribution in [-0.4, -0.2) is 19.8 Å². The summed E-state index contributed by atoms with van der Waals surface area (Å²) in [5.41, 5.74) is -0.225. The lowest BCUT2D eigenvalue weighted by atomic mass is 10.2. The molecule has 0 spiro atoms. The van der Waals surface area contributed by atoms with E-state index >= 15 is 0 Å². The predicted octanol–water partition coefficient (Wildman–Crippen LogP) is 2.88. The second kappa shape index (κ2) is 4.43. The molecule has 0 heterocycles. The third kappa shape index (κ3) is 3.70. The van der Waals surface area contributed by atoms with E-state index in [2.05, 4.69) is 0 Å². The maximum absolute atomic E-state index is 5.73. The number of rotatable bonds is 3. The lowest BCUT2D eigenvalue weighted by molar-refractivity contribution is 0.130. The molecule has 0 aliphatic heterocycles. The highest BCUT2D eigenvalue weighted by atomic mass is 16.5. The molecule has 0 radical (unpaired) electrons. The van der Waals surface area contributed by atoms with Gasteiger partial charge in [-0.3, -0.25) is 0 Å². The summed E-state index contributed by atoms with van der Waals surface area (Å²) in [6, 6.07) is 5.50. The molecule has 1 rings (SSSR count). The molecule has 0 atom stereocenters. The van der Waals surface area contributed by atoms with Gasteiger partial charge in [-0.25, -0.2) is 0 Å².